The van der Waals surface area contributed by atoms with Crippen molar-refractivity contribution in [2.75, 3.05) is 7.11 Å². The number of thiol groups is 1. The normalized spacial score (nSPS) is 11.7. The zero-order valence-electron chi connectivity index (χ0n) is 9.77. The second kappa shape index (κ2) is 5.70. The van der Waals surface area contributed by atoms with Gasteiger partial charge >= 0.3 is 0 Å². The standard InChI is InChI=1S/C12H16N2OS/c1-8(2)11-6-5-10(7-13-11)12(15-4)14-9(3)16/h5-8,16H,3H2,1-2,4H3/b14-12-. The van der Waals surface area contributed by atoms with Gasteiger partial charge in [0.2, 0.25) is 5.90 Å². The van der Waals surface area contributed by atoms with Gasteiger partial charge in [0.15, 0.2) is 0 Å². The Bertz CT molecular complexity index is 396. The first-order chi connectivity index (χ1) is 7.54. The molecule has 16 heavy (non-hydrogen) atoms. The van der Waals surface area contributed by atoms with Crippen molar-refractivity contribution >= 4 is 18.5 Å². The van der Waals surface area contributed by atoms with Gasteiger partial charge in [-0.25, -0.2) is 4.99 Å². The Hall–Kier alpha value is -1.29. The van der Waals surface area contributed by atoms with Gasteiger partial charge in [-0.2, -0.15) is 0 Å². The highest BCUT2D eigenvalue weighted by atomic mass is 32.1. The van der Waals surface area contributed by atoms with Crippen molar-refractivity contribution in [1.29, 1.82) is 0 Å². The van der Waals surface area contributed by atoms with Gasteiger partial charge in [-0.1, -0.05) is 20.4 Å². The Morgan fingerprint density at radius 3 is 2.56 bits per heavy atom. The molecular formula is C12H16N2OS. The molecule has 0 atom stereocenters. The lowest BCUT2D eigenvalue weighted by molar-refractivity contribution is 0.404. The topological polar surface area (TPSA) is 34.5 Å². The second-order valence-corrected chi connectivity index (χ2v) is 4.18. The van der Waals surface area contributed by atoms with Gasteiger partial charge < -0.3 is 4.74 Å². The highest BCUT2D eigenvalue weighted by Crippen LogP contribution is 2.13. The van der Waals surface area contributed by atoms with Gasteiger partial charge in [-0.3, -0.25) is 4.98 Å². The van der Waals surface area contributed by atoms with Gasteiger partial charge in [0.05, 0.1) is 17.7 Å². The summed E-state index contributed by atoms with van der Waals surface area (Å²) in [5.41, 5.74) is 1.87. The van der Waals surface area contributed by atoms with Crippen LogP contribution in [0.2, 0.25) is 0 Å². The first-order valence-corrected chi connectivity index (χ1v) is 5.46. The lowest BCUT2D eigenvalue weighted by Gasteiger charge is -2.07. The van der Waals surface area contributed by atoms with E-state index in [2.05, 4.69) is 43.0 Å². The maximum atomic E-state index is 5.15. The maximum absolute atomic E-state index is 5.15. The largest absolute Gasteiger partial charge is 0.480 e. The quantitative estimate of drug-likeness (QED) is 0.497. The first-order valence-electron chi connectivity index (χ1n) is 5.01. The molecule has 0 radical (unpaired) electrons. The molecule has 1 aromatic heterocycles. The molecule has 0 bridgehead atoms. The van der Waals surface area contributed by atoms with Crippen LogP contribution in [0.15, 0.2) is 34.9 Å². The number of hydrogen-bond acceptors (Lipinski definition) is 4. The van der Waals surface area contributed by atoms with Crippen LogP contribution in [0.1, 0.15) is 31.0 Å². The van der Waals surface area contributed by atoms with Crippen LogP contribution in [-0.2, 0) is 4.74 Å². The molecule has 1 aromatic rings. The predicted molar refractivity (Wildman–Crippen MR) is 70.0 cm³/mol. The number of hydrogen-bond donors (Lipinski definition) is 1. The van der Waals surface area contributed by atoms with Gasteiger partial charge in [-0.05, 0) is 18.1 Å². The minimum atomic E-state index is 0.407. The molecule has 86 valence electrons. The van der Waals surface area contributed by atoms with Crippen LogP contribution in [0.3, 0.4) is 0 Å². The summed E-state index contributed by atoms with van der Waals surface area (Å²) in [7, 11) is 1.56. The molecule has 3 nitrogen and oxygen atoms in total. The maximum Gasteiger partial charge on any atom is 0.223 e. The number of aliphatic imine (C=N–C) groups is 1. The van der Waals surface area contributed by atoms with Crippen molar-refractivity contribution in [3.63, 3.8) is 0 Å². The number of pyridine rings is 1. The molecule has 0 saturated heterocycles. The van der Waals surface area contributed by atoms with Crippen molar-refractivity contribution in [1.82, 2.24) is 4.98 Å². The smallest absolute Gasteiger partial charge is 0.223 e. The number of rotatable bonds is 3. The summed E-state index contributed by atoms with van der Waals surface area (Å²) >= 11 is 4.01. The van der Waals surface area contributed by atoms with Gasteiger partial charge in [0, 0.05) is 11.9 Å². The summed E-state index contributed by atoms with van der Waals surface area (Å²) in [4.78, 5) is 8.40. The molecule has 0 fully saturated rings. The molecule has 0 aliphatic rings. The van der Waals surface area contributed by atoms with Gasteiger partial charge in [0.25, 0.3) is 0 Å². The molecule has 1 heterocycles. The van der Waals surface area contributed by atoms with E-state index in [0.29, 0.717) is 16.8 Å². The summed E-state index contributed by atoms with van der Waals surface area (Å²) in [6.07, 6.45) is 1.74. The number of aromatic nitrogens is 1. The van der Waals surface area contributed by atoms with E-state index in [-0.39, 0.29) is 0 Å². The molecule has 0 N–H and O–H groups in total. The molecule has 1 rings (SSSR count). The van der Waals surface area contributed by atoms with E-state index in [1.165, 1.54) is 0 Å². The fourth-order valence-electron chi connectivity index (χ4n) is 1.22. The van der Waals surface area contributed by atoms with E-state index >= 15 is 0 Å². The van der Waals surface area contributed by atoms with Crippen molar-refractivity contribution in [2.24, 2.45) is 4.99 Å². The van der Waals surface area contributed by atoms with E-state index in [1.54, 1.807) is 13.3 Å². The molecular weight excluding hydrogens is 220 g/mol. The van der Waals surface area contributed by atoms with E-state index in [1.807, 2.05) is 12.1 Å². The van der Waals surface area contributed by atoms with Crippen LogP contribution in [-0.4, -0.2) is 18.0 Å². The van der Waals surface area contributed by atoms with E-state index in [9.17, 15) is 0 Å². The molecule has 0 aromatic carbocycles. The third kappa shape index (κ3) is 3.38. The van der Waals surface area contributed by atoms with Crippen LogP contribution in [0, 0.1) is 0 Å². The van der Waals surface area contributed by atoms with Crippen LogP contribution < -0.4 is 0 Å². The summed E-state index contributed by atoms with van der Waals surface area (Å²) in [5, 5.41) is 0.407. The molecule has 0 unspecified atom stereocenters. The van der Waals surface area contributed by atoms with E-state index in [4.69, 9.17) is 4.74 Å². The summed E-state index contributed by atoms with van der Waals surface area (Å²) in [5.74, 6) is 0.889. The minimum absolute atomic E-state index is 0.407. The second-order valence-electron chi connectivity index (χ2n) is 3.66. The SMILES string of the molecule is C=C(S)/N=C(\OC)c1ccc(C(C)C)nc1. The molecule has 0 aliphatic carbocycles. The third-order valence-electron chi connectivity index (χ3n) is 2.05. The van der Waals surface area contributed by atoms with Crippen LogP contribution in [0.4, 0.5) is 0 Å². The lowest BCUT2D eigenvalue weighted by Crippen LogP contribution is -2.05. The van der Waals surface area contributed by atoms with Crippen LogP contribution in [0.25, 0.3) is 0 Å². The first kappa shape index (κ1) is 12.8. The highest BCUT2D eigenvalue weighted by molar-refractivity contribution is 7.84. The Morgan fingerprint density at radius 1 is 1.50 bits per heavy atom. The monoisotopic (exact) mass is 236 g/mol. The molecule has 4 heteroatoms. The summed E-state index contributed by atoms with van der Waals surface area (Å²) < 4.78 is 5.15. The average Bonchev–Trinajstić information content (AvgIpc) is 2.25. The predicted octanol–water partition coefficient (Wildman–Crippen LogP) is 3.00. The molecule has 0 saturated carbocycles. The van der Waals surface area contributed by atoms with Gasteiger partial charge in [0.1, 0.15) is 0 Å². The molecule has 0 spiro atoms. The fourth-order valence-corrected chi connectivity index (χ4v) is 1.31. The highest BCUT2D eigenvalue weighted by Gasteiger charge is 2.06. The van der Waals surface area contributed by atoms with Crippen LogP contribution in [0.5, 0.6) is 0 Å². The van der Waals surface area contributed by atoms with Crippen molar-refractivity contribution in [3.05, 3.63) is 41.2 Å². The molecule has 0 amide bonds. The number of ether oxygens (including phenoxy) is 1. The van der Waals surface area contributed by atoms with Crippen molar-refractivity contribution < 1.29 is 4.74 Å². The van der Waals surface area contributed by atoms with Crippen molar-refractivity contribution in [3.8, 4) is 0 Å². The van der Waals surface area contributed by atoms with Gasteiger partial charge in [-0.15, -0.1) is 12.6 Å². The Balaban J connectivity index is 3.00. The number of nitrogens with zero attached hydrogens (tertiary/aromatic N) is 2. The van der Waals surface area contributed by atoms with Crippen molar-refractivity contribution in [2.45, 2.75) is 19.8 Å². The fraction of sp³-hybridized carbons (Fsp3) is 0.333. The zero-order valence-corrected chi connectivity index (χ0v) is 10.7. The van der Waals surface area contributed by atoms with E-state index < -0.39 is 0 Å². The van der Waals surface area contributed by atoms with E-state index in [0.717, 1.165) is 11.3 Å². The Labute approximate surface area is 102 Å². The zero-order chi connectivity index (χ0) is 12.1. The van der Waals surface area contributed by atoms with Crippen LogP contribution >= 0.6 is 12.6 Å². The Morgan fingerprint density at radius 2 is 2.19 bits per heavy atom. The minimum Gasteiger partial charge on any atom is -0.480 e. The lowest BCUT2D eigenvalue weighted by atomic mass is 10.1. The third-order valence-corrected chi connectivity index (χ3v) is 2.15. The summed E-state index contributed by atoms with van der Waals surface area (Å²) in [6.45, 7) is 7.79. The Kier molecular flexibility index (Phi) is 4.55. The number of methoxy groups -OCH3 is 1. The molecule has 0 aliphatic heterocycles. The average molecular weight is 236 g/mol. The summed E-state index contributed by atoms with van der Waals surface area (Å²) in [6, 6.07) is 3.90.